The predicted molar refractivity (Wildman–Crippen MR) is 116 cm³/mol. The number of aryl methyl sites for hydroxylation is 1. The molecule has 0 atom stereocenters. The van der Waals surface area contributed by atoms with Crippen LogP contribution in [0.5, 0.6) is 0 Å². The van der Waals surface area contributed by atoms with E-state index < -0.39 is 13.3 Å². The molecule has 3 nitrogen and oxygen atoms in total. The molecule has 4 rings (SSSR count). The molecule has 0 spiro atoms. The van der Waals surface area contributed by atoms with E-state index in [9.17, 15) is 0 Å². The van der Waals surface area contributed by atoms with Gasteiger partial charge in [0.25, 0.3) is 0 Å². The van der Waals surface area contributed by atoms with E-state index in [2.05, 4.69) is 75.5 Å². The molecule has 0 saturated heterocycles. The van der Waals surface area contributed by atoms with Crippen molar-refractivity contribution in [2.45, 2.75) is 24.2 Å². The molecule has 2 aromatic carbocycles. The topological polar surface area (TPSA) is 38.7 Å². The Hall–Kier alpha value is -2.53. The summed E-state index contributed by atoms with van der Waals surface area (Å²) in [6.45, 7) is 2.22. The third kappa shape index (κ3) is 3.52. The van der Waals surface area contributed by atoms with Crippen molar-refractivity contribution in [2.75, 3.05) is 0 Å². The summed E-state index contributed by atoms with van der Waals surface area (Å²) < 4.78 is 1.55. The van der Waals surface area contributed by atoms with Crippen LogP contribution in [0.3, 0.4) is 0 Å². The Balaban J connectivity index is 1.83. The molecule has 0 unspecified atom stereocenters. The molecule has 4 aromatic rings. The molecule has 0 radical (unpaired) electrons. The Morgan fingerprint density at radius 1 is 0.741 bits per heavy atom. The maximum absolute atomic E-state index is 4.61. The molecule has 0 N–H and O–H groups in total. The molecule has 4 heteroatoms. The number of hydrogen-bond acceptors (Lipinski definition) is 3. The van der Waals surface area contributed by atoms with Crippen LogP contribution in [0.25, 0.3) is 33.3 Å². The van der Waals surface area contributed by atoms with Gasteiger partial charge in [-0.2, -0.15) is 0 Å². The van der Waals surface area contributed by atoms with Crippen LogP contribution in [0.4, 0.5) is 0 Å². The fraction of sp³-hybridized carbons (Fsp3) is 0.174. The van der Waals surface area contributed by atoms with Crippen molar-refractivity contribution < 1.29 is 0 Å². The SMILES string of the molecule is Cc1cc(-c2ncnc3cc(-c4ccncc4)ccc23)cc[c]1[Ge]([CH3])([CH3])[CH3]. The van der Waals surface area contributed by atoms with Crippen molar-refractivity contribution in [3.63, 3.8) is 0 Å². The van der Waals surface area contributed by atoms with Crippen LogP contribution in [0.1, 0.15) is 5.56 Å². The summed E-state index contributed by atoms with van der Waals surface area (Å²) in [5, 5.41) is 1.08. The number of rotatable bonds is 3. The molecule has 0 fully saturated rings. The van der Waals surface area contributed by atoms with E-state index in [1.165, 1.54) is 5.56 Å². The summed E-state index contributed by atoms with van der Waals surface area (Å²) in [6.07, 6.45) is 5.29. The minimum absolute atomic E-state index is 0.963. The molecule has 2 heterocycles. The van der Waals surface area contributed by atoms with Crippen LogP contribution in [0.15, 0.2) is 67.3 Å². The van der Waals surface area contributed by atoms with Crippen molar-refractivity contribution in [2.24, 2.45) is 0 Å². The molecule has 0 aliphatic carbocycles. The first-order chi connectivity index (χ1) is 12.9. The Bertz CT molecular complexity index is 1120. The van der Waals surface area contributed by atoms with Gasteiger partial charge in [-0.15, -0.1) is 0 Å². The van der Waals surface area contributed by atoms with E-state index in [-0.39, 0.29) is 0 Å². The van der Waals surface area contributed by atoms with E-state index in [0.717, 1.165) is 33.3 Å². The van der Waals surface area contributed by atoms with Gasteiger partial charge < -0.3 is 0 Å². The molecule has 0 bridgehead atoms. The van der Waals surface area contributed by atoms with Gasteiger partial charge in [-0.05, 0) is 0 Å². The first kappa shape index (κ1) is 17.9. The third-order valence-corrected chi connectivity index (χ3v) is 9.53. The normalized spacial score (nSPS) is 11.7. The van der Waals surface area contributed by atoms with Gasteiger partial charge in [0, 0.05) is 0 Å². The first-order valence-electron chi connectivity index (χ1n) is 9.20. The van der Waals surface area contributed by atoms with Gasteiger partial charge in [0.15, 0.2) is 0 Å². The van der Waals surface area contributed by atoms with Gasteiger partial charge in [-0.1, -0.05) is 0 Å². The molecular weight excluding hydrogens is 391 g/mol. The van der Waals surface area contributed by atoms with Gasteiger partial charge in [0.2, 0.25) is 0 Å². The third-order valence-electron chi connectivity index (χ3n) is 4.96. The number of benzene rings is 2. The van der Waals surface area contributed by atoms with E-state index in [0.29, 0.717) is 0 Å². The van der Waals surface area contributed by atoms with Gasteiger partial charge in [-0.3, -0.25) is 4.98 Å². The Morgan fingerprint density at radius 3 is 2.19 bits per heavy atom. The van der Waals surface area contributed by atoms with Crippen molar-refractivity contribution in [1.29, 1.82) is 0 Å². The minimum atomic E-state index is -1.85. The fourth-order valence-electron chi connectivity index (χ4n) is 3.66. The van der Waals surface area contributed by atoms with Crippen molar-refractivity contribution in [1.82, 2.24) is 15.0 Å². The molecule has 2 aromatic heterocycles. The van der Waals surface area contributed by atoms with Crippen LogP contribution in [0, 0.1) is 6.92 Å². The summed E-state index contributed by atoms with van der Waals surface area (Å²) in [7, 11) is 0. The second kappa shape index (κ2) is 6.89. The quantitative estimate of drug-likeness (QED) is 0.432. The van der Waals surface area contributed by atoms with Crippen LogP contribution in [-0.4, -0.2) is 28.2 Å². The zero-order chi connectivity index (χ0) is 19.0. The zero-order valence-corrected chi connectivity index (χ0v) is 18.3. The van der Waals surface area contributed by atoms with Crippen molar-refractivity contribution >= 4 is 28.6 Å². The number of fused-ring (bicyclic) bond motifs is 1. The fourth-order valence-corrected chi connectivity index (χ4v) is 7.52. The van der Waals surface area contributed by atoms with Crippen molar-refractivity contribution in [3.05, 3.63) is 72.8 Å². The van der Waals surface area contributed by atoms with E-state index in [1.54, 1.807) is 10.7 Å². The standard InChI is InChI=1S/C23H23GeN3/c1-16-13-19(6-8-21(16)24(2,3)4)23-20-7-5-18(14-22(20)26-15-27-23)17-9-11-25-12-10-17/h5-15H,1-4H3. The molecule has 0 aliphatic heterocycles. The molecule has 0 saturated carbocycles. The number of aromatic nitrogens is 3. The Labute approximate surface area is 162 Å². The van der Waals surface area contributed by atoms with Gasteiger partial charge >= 0.3 is 158 Å². The van der Waals surface area contributed by atoms with Gasteiger partial charge in [-0.25, -0.2) is 0 Å². The van der Waals surface area contributed by atoms with E-state index in [1.807, 2.05) is 24.5 Å². The molecule has 0 aliphatic rings. The van der Waals surface area contributed by atoms with Crippen LogP contribution >= 0.6 is 0 Å². The summed E-state index contributed by atoms with van der Waals surface area (Å²) in [6, 6.07) is 17.2. The van der Waals surface area contributed by atoms with Crippen LogP contribution in [0.2, 0.25) is 17.3 Å². The molecule has 27 heavy (non-hydrogen) atoms. The molecule has 134 valence electrons. The van der Waals surface area contributed by atoms with Crippen LogP contribution in [-0.2, 0) is 0 Å². The average Bonchev–Trinajstić information content (AvgIpc) is 2.66. The van der Waals surface area contributed by atoms with Crippen molar-refractivity contribution in [3.8, 4) is 22.4 Å². The number of hydrogen-bond donors (Lipinski definition) is 0. The monoisotopic (exact) mass is 415 g/mol. The Kier molecular flexibility index (Phi) is 4.56. The maximum atomic E-state index is 4.61. The molecule has 0 amide bonds. The summed E-state index contributed by atoms with van der Waals surface area (Å²) in [5.41, 5.74) is 6.78. The van der Waals surface area contributed by atoms with Gasteiger partial charge in [0.1, 0.15) is 0 Å². The second-order valence-electron chi connectivity index (χ2n) is 7.97. The number of pyridine rings is 1. The number of nitrogens with zero attached hydrogens (tertiary/aromatic N) is 3. The Morgan fingerprint density at radius 2 is 1.48 bits per heavy atom. The zero-order valence-electron chi connectivity index (χ0n) is 16.2. The van der Waals surface area contributed by atoms with Crippen LogP contribution < -0.4 is 4.40 Å². The summed E-state index contributed by atoms with van der Waals surface area (Å²) >= 11 is -1.85. The summed E-state index contributed by atoms with van der Waals surface area (Å²) in [4.78, 5) is 13.2. The second-order valence-corrected chi connectivity index (χ2v) is 18.5. The summed E-state index contributed by atoms with van der Waals surface area (Å²) in [5.74, 6) is 7.30. The first-order valence-corrected chi connectivity index (χ1v) is 16.5. The average molecular weight is 414 g/mol. The predicted octanol–water partition coefficient (Wildman–Crippen LogP) is 5.21. The molecular formula is C23H23GeN3. The van der Waals surface area contributed by atoms with E-state index >= 15 is 0 Å². The van der Waals surface area contributed by atoms with E-state index in [4.69, 9.17) is 0 Å². The van der Waals surface area contributed by atoms with Gasteiger partial charge in [0.05, 0.1) is 0 Å².